The van der Waals surface area contributed by atoms with Crippen LogP contribution in [0.4, 0.5) is 0 Å². The van der Waals surface area contributed by atoms with Gasteiger partial charge in [-0.15, -0.1) is 0 Å². The normalized spacial score (nSPS) is 17.7. The maximum absolute atomic E-state index is 12.1. The number of esters is 4. The lowest BCUT2D eigenvalue weighted by Crippen LogP contribution is -2.30. The molecule has 0 radical (unpaired) electrons. The lowest BCUT2D eigenvalue weighted by atomic mass is 9.82. The number of hydrogen-bond donors (Lipinski definition) is 0. The van der Waals surface area contributed by atoms with E-state index in [1.165, 1.54) is 30.1 Å². The first-order chi connectivity index (χ1) is 34.9. The molecule has 0 amide bonds. The number of unbranched alkanes of at least 4 members (excludes halogenated alkanes) is 2. The quantitative estimate of drug-likeness (QED) is 0.0287. The summed E-state index contributed by atoms with van der Waals surface area (Å²) in [6.45, 7) is 20.8. The first-order valence-corrected chi connectivity index (χ1v) is 26.5. The van der Waals surface area contributed by atoms with E-state index in [-0.39, 0.29) is 64.4 Å². The lowest BCUT2D eigenvalue weighted by molar-refractivity contribution is -0.155. The molecule has 0 heterocycles. The molecule has 406 valence electrons. The summed E-state index contributed by atoms with van der Waals surface area (Å²) in [7, 11) is 1.66. The molecule has 0 spiro atoms. The van der Waals surface area contributed by atoms with Gasteiger partial charge in [0.1, 0.15) is 24.7 Å². The van der Waals surface area contributed by atoms with E-state index in [9.17, 15) is 19.2 Å². The first kappa shape index (κ1) is 63.4. The van der Waals surface area contributed by atoms with Crippen LogP contribution in [0.1, 0.15) is 131 Å². The Morgan fingerprint density at radius 3 is 1.33 bits per heavy atom. The third-order valence-corrected chi connectivity index (χ3v) is 12.0. The summed E-state index contributed by atoms with van der Waals surface area (Å²) in [5.74, 6) is 4.49. The number of carbonyl (C=O) groups excluding carboxylic acids is 4. The molecule has 0 aromatic heterocycles. The average Bonchev–Trinajstić information content (AvgIpc) is 4.15. The van der Waals surface area contributed by atoms with Gasteiger partial charge in [-0.1, -0.05) is 76.2 Å². The average molecular weight is 1010 g/mol. The second-order valence-corrected chi connectivity index (χ2v) is 18.6. The van der Waals surface area contributed by atoms with Gasteiger partial charge in [0.25, 0.3) is 0 Å². The molecule has 0 saturated heterocycles. The summed E-state index contributed by atoms with van der Waals surface area (Å²) >= 11 is 0. The molecule has 2 aromatic rings. The fourth-order valence-electron chi connectivity index (χ4n) is 8.59. The van der Waals surface area contributed by atoms with Crippen molar-refractivity contribution in [2.24, 2.45) is 23.7 Å². The monoisotopic (exact) mass is 1010 g/mol. The maximum Gasteiger partial charge on any atom is 0.333 e. The number of ether oxygens (including phenoxy) is 10. The van der Waals surface area contributed by atoms with Crippen LogP contribution in [0.15, 0.2) is 85.0 Å². The lowest BCUT2D eigenvalue weighted by Gasteiger charge is -2.23. The highest BCUT2D eigenvalue weighted by Crippen LogP contribution is 2.58. The number of hydrogen-bond acceptors (Lipinski definition) is 14. The molecule has 6 unspecified atom stereocenters. The van der Waals surface area contributed by atoms with Gasteiger partial charge in [0.15, 0.2) is 12.2 Å². The van der Waals surface area contributed by atoms with E-state index in [1.807, 2.05) is 67.6 Å². The molecule has 6 atom stereocenters. The van der Waals surface area contributed by atoms with Crippen molar-refractivity contribution in [3.63, 3.8) is 0 Å². The van der Waals surface area contributed by atoms with Crippen molar-refractivity contribution in [1.29, 1.82) is 0 Å². The molecule has 14 nitrogen and oxygen atoms in total. The SMILES string of the molecule is C1CC2C3CCC(C3)C2C1.C=C(C)C(=O)OCCCC(=O)OC(COCCCCOC)COc1ccccc1.C=C(C)C(=O)OCCCC(=O)OC(COCCCCOCC)COc1ccccc1.CCC. The fourth-order valence-corrected chi connectivity index (χ4v) is 8.59. The Kier molecular flexibility index (Phi) is 35.8. The van der Waals surface area contributed by atoms with Gasteiger partial charge in [0.05, 0.1) is 26.4 Å². The van der Waals surface area contributed by atoms with Crippen molar-refractivity contribution < 1.29 is 66.5 Å². The molecular weight excluding hydrogens is 921 g/mol. The molecule has 0 N–H and O–H groups in total. The molecule has 3 aliphatic carbocycles. The number of fused-ring (bicyclic) bond motifs is 5. The Bertz CT molecular complexity index is 1740. The van der Waals surface area contributed by atoms with Crippen molar-refractivity contribution in [3.8, 4) is 11.5 Å². The minimum atomic E-state index is -0.525. The molecule has 0 aliphatic heterocycles. The zero-order chi connectivity index (χ0) is 52.6. The minimum Gasteiger partial charge on any atom is -0.490 e. The van der Waals surface area contributed by atoms with Crippen molar-refractivity contribution in [2.75, 3.05) is 79.8 Å². The van der Waals surface area contributed by atoms with Gasteiger partial charge in [-0.05, 0) is 139 Å². The Morgan fingerprint density at radius 2 is 0.944 bits per heavy atom. The third kappa shape index (κ3) is 29.7. The molecule has 2 bridgehead atoms. The van der Waals surface area contributed by atoms with Crippen LogP contribution in [-0.2, 0) is 57.1 Å². The Balaban J connectivity index is 0.000000392. The summed E-state index contributed by atoms with van der Waals surface area (Å²) in [5.41, 5.74) is 0.655. The van der Waals surface area contributed by atoms with E-state index in [0.29, 0.717) is 68.5 Å². The molecule has 14 heteroatoms. The summed E-state index contributed by atoms with van der Waals surface area (Å²) < 4.78 is 53.9. The van der Waals surface area contributed by atoms with E-state index < -0.39 is 24.1 Å². The number of rotatable bonds is 33. The zero-order valence-electron chi connectivity index (χ0n) is 44.8. The Labute approximate surface area is 432 Å². The second-order valence-electron chi connectivity index (χ2n) is 18.6. The van der Waals surface area contributed by atoms with Crippen molar-refractivity contribution in [1.82, 2.24) is 0 Å². The van der Waals surface area contributed by atoms with E-state index in [1.54, 1.807) is 59.5 Å². The predicted molar refractivity (Wildman–Crippen MR) is 280 cm³/mol. The summed E-state index contributed by atoms with van der Waals surface area (Å²) in [5, 5.41) is 0. The Hall–Kier alpha value is -4.76. The van der Waals surface area contributed by atoms with Crippen LogP contribution < -0.4 is 9.47 Å². The van der Waals surface area contributed by atoms with Crippen molar-refractivity contribution >= 4 is 23.9 Å². The van der Waals surface area contributed by atoms with E-state index in [0.717, 1.165) is 25.7 Å². The first-order valence-electron chi connectivity index (χ1n) is 26.5. The maximum atomic E-state index is 12.1. The fraction of sp³-hybridized carbons (Fsp3) is 0.655. The minimum absolute atomic E-state index is 0.138. The molecule has 3 saturated carbocycles. The molecule has 3 aliphatic rings. The van der Waals surface area contributed by atoms with Gasteiger partial charge in [-0.25, -0.2) is 9.59 Å². The van der Waals surface area contributed by atoms with Gasteiger partial charge in [-0.2, -0.15) is 0 Å². The largest absolute Gasteiger partial charge is 0.490 e. The zero-order valence-corrected chi connectivity index (χ0v) is 44.8. The standard InChI is InChI=1S/C23H34O7.C22H32O7.C10H16.C3H8/c1-4-26-14-8-9-15-27-17-21(18-29-20-11-6-5-7-12-20)30-22(24)13-10-16-28-23(25)19(2)3;1-18(2)22(24)27-15-9-12-21(23)29-20(16-26-14-8-7-13-25-3)17-28-19-10-5-4-6-11-19;1-2-9-7-4-5-8(6-7)10(9)3-1;1-3-2/h5-7,11-12,21H,2,4,8-10,13-18H2,1,3H3;4-6,10-11,20H,1,7-9,12-17H2,2-3H3;7-10H,1-6H2;3H2,1-2H3. The third-order valence-electron chi connectivity index (χ3n) is 12.0. The van der Waals surface area contributed by atoms with Gasteiger partial charge in [-0.3, -0.25) is 9.59 Å². The molecule has 72 heavy (non-hydrogen) atoms. The smallest absolute Gasteiger partial charge is 0.333 e. The number of carbonyl (C=O) groups is 4. The van der Waals surface area contributed by atoms with Crippen LogP contribution in [0.3, 0.4) is 0 Å². The number of methoxy groups -OCH3 is 1. The van der Waals surface area contributed by atoms with Gasteiger partial charge in [0, 0.05) is 64.1 Å². The predicted octanol–water partition coefficient (Wildman–Crippen LogP) is 11.3. The van der Waals surface area contributed by atoms with E-state index in [4.69, 9.17) is 47.4 Å². The van der Waals surface area contributed by atoms with Crippen LogP contribution in [0.5, 0.6) is 11.5 Å². The molecular formula is C58H90O14. The van der Waals surface area contributed by atoms with Gasteiger partial charge < -0.3 is 47.4 Å². The second kappa shape index (κ2) is 40.7. The van der Waals surface area contributed by atoms with Crippen LogP contribution in [0, 0.1) is 23.7 Å². The van der Waals surface area contributed by atoms with Gasteiger partial charge >= 0.3 is 23.9 Å². The summed E-state index contributed by atoms with van der Waals surface area (Å²) in [4.78, 5) is 46.9. The highest BCUT2D eigenvalue weighted by Gasteiger charge is 2.48. The molecule has 5 rings (SSSR count). The van der Waals surface area contributed by atoms with E-state index in [2.05, 4.69) is 27.0 Å². The van der Waals surface area contributed by atoms with Gasteiger partial charge in [0.2, 0.25) is 0 Å². The topological polar surface area (TPSA) is 161 Å². The number of benzene rings is 2. The van der Waals surface area contributed by atoms with Crippen LogP contribution in [0.25, 0.3) is 0 Å². The summed E-state index contributed by atoms with van der Waals surface area (Å²) in [6, 6.07) is 18.6. The van der Waals surface area contributed by atoms with E-state index >= 15 is 0 Å². The van der Waals surface area contributed by atoms with Crippen molar-refractivity contribution in [2.45, 2.75) is 143 Å². The summed E-state index contributed by atoms with van der Waals surface area (Å²) in [6.07, 6.45) is 14.3. The van der Waals surface area contributed by atoms with Crippen molar-refractivity contribution in [3.05, 3.63) is 85.0 Å². The molecule has 3 fully saturated rings. The Morgan fingerprint density at radius 1 is 0.542 bits per heavy atom. The number of para-hydroxylation sites is 2. The van der Waals surface area contributed by atoms with Crippen LogP contribution in [0.2, 0.25) is 0 Å². The molecule has 2 aromatic carbocycles. The van der Waals surface area contributed by atoms with Crippen LogP contribution in [-0.4, -0.2) is 116 Å². The van der Waals surface area contributed by atoms with Crippen LogP contribution >= 0.6 is 0 Å². The highest BCUT2D eigenvalue weighted by atomic mass is 16.6. The highest BCUT2D eigenvalue weighted by molar-refractivity contribution is 5.87.